The Morgan fingerprint density at radius 2 is 1.00 bits per heavy atom. The van der Waals surface area contributed by atoms with Crippen molar-refractivity contribution in [1.82, 2.24) is 5.32 Å². The number of rotatable bonds is 42. The molecule has 0 aromatic carbocycles. The number of unbranched alkanes of at least 4 members (excludes halogenated alkanes) is 22. The lowest BCUT2D eigenvalue weighted by Gasteiger charge is -2.18. The topological polar surface area (TPSA) is 169 Å². The number of aliphatic hydroxyl groups is 1. The van der Waals surface area contributed by atoms with Crippen LogP contribution in [0.5, 0.6) is 0 Å². The molecule has 0 aliphatic carbocycles. The van der Waals surface area contributed by atoms with E-state index in [0.29, 0.717) is 12.8 Å². The highest BCUT2D eigenvalue weighted by molar-refractivity contribution is 7.47. The van der Waals surface area contributed by atoms with E-state index >= 15 is 0 Å². The van der Waals surface area contributed by atoms with Crippen LogP contribution < -0.4 is 5.32 Å². The third kappa shape index (κ3) is 40.3. The Hall–Kier alpha value is -2.30. The number of nitrogens with one attached hydrogen (secondary N) is 1. The zero-order chi connectivity index (χ0) is 42.1. The maximum Gasteiger partial charge on any atom is 0.472 e. The number of carbonyl (C=O) groups excluding carboxylic acids is 2. The van der Waals surface area contributed by atoms with Crippen LogP contribution in [-0.4, -0.2) is 64.9 Å². The standard InChI is InChI=1S/C45H82NO10P/c1-3-5-7-9-11-13-15-16-17-18-19-20-21-22-23-24-25-26-27-28-30-32-34-36-43(48)46-42(45(50)51)40-56-57(52,53)55-39-41(47)38-54-44(49)37-35-33-31-29-14-12-10-8-6-4-2/h8,10-11,13,16-17,41-42,47H,3-7,9,12,14-15,18-40H2,1-2H3,(H,46,48)(H,50,51)(H,52,53)/b10-8-,13-11-,17-16-. The van der Waals surface area contributed by atoms with Crippen LogP contribution in [0, 0.1) is 0 Å². The monoisotopic (exact) mass is 828 g/mol. The number of aliphatic carboxylic acids is 1. The van der Waals surface area contributed by atoms with Gasteiger partial charge in [0.25, 0.3) is 0 Å². The third-order valence-electron chi connectivity index (χ3n) is 9.63. The van der Waals surface area contributed by atoms with Crippen LogP contribution >= 0.6 is 7.82 Å². The minimum absolute atomic E-state index is 0.145. The Morgan fingerprint density at radius 1 is 0.561 bits per heavy atom. The van der Waals surface area contributed by atoms with Gasteiger partial charge in [0.15, 0.2) is 6.04 Å². The fraction of sp³-hybridized carbons (Fsp3) is 0.800. The van der Waals surface area contributed by atoms with Gasteiger partial charge in [0.2, 0.25) is 5.91 Å². The minimum Gasteiger partial charge on any atom is -0.480 e. The van der Waals surface area contributed by atoms with Gasteiger partial charge >= 0.3 is 19.8 Å². The number of carboxylic acids is 1. The smallest absolute Gasteiger partial charge is 0.472 e. The van der Waals surface area contributed by atoms with Gasteiger partial charge in [-0.05, 0) is 64.2 Å². The first kappa shape index (κ1) is 54.7. The molecule has 0 heterocycles. The molecule has 0 fully saturated rings. The predicted octanol–water partition coefficient (Wildman–Crippen LogP) is 11.6. The molecule has 0 rings (SSSR count). The van der Waals surface area contributed by atoms with Gasteiger partial charge in [0.05, 0.1) is 13.2 Å². The van der Waals surface area contributed by atoms with E-state index in [4.69, 9.17) is 13.8 Å². The molecule has 0 saturated carbocycles. The van der Waals surface area contributed by atoms with E-state index in [9.17, 15) is 34.1 Å². The summed E-state index contributed by atoms with van der Waals surface area (Å²) < 4.78 is 26.8. The van der Waals surface area contributed by atoms with Gasteiger partial charge in [-0.25, -0.2) is 9.36 Å². The maximum atomic E-state index is 12.3. The predicted molar refractivity (Wildman–Crippen MR) is 231 cm³/mol. The first-order valence-electron chi connectivity index (χ1n) is 22.5. The van der Waals surface area contributed by atoms with E-state index in [1.165, 1.54) is 89.9 Å². The lowest BCUT2D eigenvalue weighted by atomic mass is 10.0. The van der Waals surface area contributed by atoms with Gasteiger partial charge in [-0.1, -0.05) is 159 Å². The molecule has 0 aromatic heterocycles. The van der Waals surface area contributed by atoms with Crippen LogP contribution in [-0.2, 0) is 32.7 Å². The second-order valence-electron chi connectivity index (χ2n) is 15.2. The van der Waals surface area contributed by atoms with Crippen LogP contribution in [0.4, 0.5) is 0 Å². The average molecular weight is 828 g/mol. The van der Waals surface area contributed by atoms with Gasteiger partial charge in [0, 0.05) is 12.8 Å². The van der Waals surface area contributed by atoms with Crippen molar-refractivity contribution in [1.29, 1.82) is 0 Å². The second-order valence-corrected chi connectivity index (χ2v) is 16.7. The summed E-state index contributed by atoms with van der Waals surface area (Å²) >= 11 is 0. The second kappa shape index (κ2) is 40.5. The van der Waals surface area contributed by atoms with E-state index in [2.05, 4.69) is 55.6 Å². The molecule has 1 amide bonds. The molecule has 57 heavy (non-hydrogen) atoms. The zero-order valence-electron chi connectivity index (χ0n) is 35.9. The minimum atomic E-state index is -4.75. The van der Waals surface area contributed by atoms with Gasteiger partial charge in [0.1, 0.15) is 12.7 Å². The molecule has 3 unspecified atom stereocenters. The van der Waals surface area contributed by atoms with Crippen molar-refractivity contribution in [2.45, 2.75) is 212 Å². The number of amides is 1. The summed E-state index contributed by atoms with van der Waals surface area (Å²) in [6.45, 7) is 2.50. The summed E-state index contributed by atoms with van der Waals surface area (Å²) in [5.74, 6) is -2.38. The van der Waals surface area contributed by atoms with Gasteiger partial charge in [-0.15, -0.1) is 0 Å². The van der Waals surface area contributed by atoms with Crippen molar-refractivity contribution in [2.24, 2.45) is 0 Å². The van der Waals surface area contributed by atoms with Crippen LogP contribution in [0.1, 0.15) is 200 Å². The first-order chi connectivity index (χ1) is 27.6. The Kier molecular flexibility index (Phi) is 38.8. The molecule has 0 aromatic rings. The summed E-state index contributed by atoms with van der Waals surface area (Å²) in [4.78, 5) is 45.8. The van der Waals surface area contributed by atoms with Crippen molar-refractivity contribution in [2.75, 3.05) is 19.8 Å². The van der Waals surface area contributed by atoms with Crippen molar-refractivity contribution in [3.8, 4) is 0 Å². The molecule has 0 aliphatic rings. The summed E-state index contributed by atoms with van der Waals surface area (Å²) in [7, 11) is -4.75. The summed E-state index contributed by atoms with van der Waals surface area (Å²) in [5, 5.41) is 21.8. The van der Waals surface area contributed by atoms with E-state index in [1.54, 1.807) is 0 Å². The quantitative estimate of drug-likeness (QED) is 0.0201. The summed E-state index contributed by atoms with van der Waals surface area (Å²) in [6.07, 6.45) is 43.2. The summed E-state index contributed by atoms with van der Waals surface area (Å²) in [6, 6.07) is -1.55. The number of hydrogen-bond donors (Lipinski definition) is 4. The van der Waals surface area contributed by atoms with Crippen molar-refractivity contribution in [3.05, 3.63) is 36.5 Å². The number of hydrogen-bond acceptors (Lipinski definition) is 8. The van der Waals surface area contributed by atoms with Gasteiger partial charge in [-0.2, -0.15) is 0 Å². The van der Waals surface area contributed by atoms with Crippen LogP contribution in [0.15, 0.2) is 36.5 Å². The van der Waals surface area contributed by atoms with Crippen LogP contribution in [0.3, 0.4) is 0 Å². The zero-order valence-corrected chi connectivity index (χ0v) is 36.8. The number of carbonyl (C=O) groups is 3. The molecule has 332 valence electrons. The van der Waals surface area contributed by atoms with Crippen LogP contribution in [0.25, 0.3) is 0 Å². The van der Waals surface area contributed by atoms with Gasteiger partial charge in [-0.3, -0.25) is 18.6 Å². The van der Waals surface area contributed by atoms with Crippen molar-refractivity contribution >= 4 is 25.7 Å². The highest BCUT2D eigenvalue weighted by Gasteiger charge is 2.28. The Bertz CT molecular complexity index is 1110. The fourth-order valence-corrected chi connectivity index (χ4v) is 6.88. The normalized spacial score (nSPS) is 14.0. The van der Waals surface area contributed by atoms with Crippen molar-refractivity contribution < 1.29 is 47.8 Å². The number of esters is 1. The van der Waals surface area contributed by atoms with E-state index in [0.717, 1.165) is 70.6 Å². The van der Waals surface area contributed by atoms with Crippen molar-refractivity contribution in [3.63, 3.8) is 0 Å². The number of allylic oxidation sites excluding steroid dienone is 6. The number of carboxylic acid groups (broad SMARTS) is 1. The molecule has 0 aliphatic heterocycles. The van der Waals surface area contributed by atoms with E-state index in [-0.39, 0.29) is 12.8 Å². The molecule has 4 N–H and O–H groups in total. The van der Waals surface area contributed by atoms with E-state index in [1.807, 2.05) is 0 Å². The Balaban J connectivity index is 3.84. The highest BCUT2D eigenvalue weighted by Crippen LogP contribution is 2.43. The van der Waals surface area contributed by atoms with E-state index < -0.39 is 57.6 Å². The average Bonchev–Trinajstić information content (AvgIpc) is 3.18. The Labute approximate surface area is 346 Å². The molecule has 11 nitrogen and oxygen atoms in total. The molecule has 0 bridgehead atoms. The first-order valence-corrected chi connectivity index (χ1v) is 24.0. The third-order valence-corrected chi connectivity index (χ3v) is 10.6. The largest absolute Gasteiger partial charge is 0.480 e. The molecular weight excluding hydrogens is 745 g/mol. The maximum absolute atomic E-state index is 12.3. The van der Waals surface area contributed by atoms with Crippen LogP contribution in [0.2, 0.25) is 0 Å². The van der Waals surface area contributed by atoms with Gasteiger partial charge < -0.3 is 25.2 Å². The molecule has 0 radical (unpaired) electrons. The molecule has 3 atom stereocenters. The molecule has 0 spiro atoms. The summed E-state index contributed by atoms with van der Waals surface area (Å²) in [5.41, 5.74) is 0. The lowest BCUT2D eigenvalue weighted by Crippen LogP contribution is -2.43. The SMILES string of the molecule is CCC/C=C\CCCCCCCC(=O)OCC(O)COP(=O)(O)OCC(NC(=O)CCCCCCCCCCCCCCC/C=C\C/C=C\CCCCC)C(=O)O. The highest BCUT2D eigenvalue weighted by atomic mass is 31.2. The number of ether oxygens (including phenoxy) is 1. The molecular formula is C45H82NO10P. The fourth-order valence-electron chi connectivity index (χ4n) is 6.11. The Morgan fingerprint density at radius 3 is 1.51 bits per heavy atom. The number of phosphoric ester groups is 1. The number of aliphatic hydroxyl groups excluding tert-OH is 1. The molecule has 12 heteroatoms. The lowest BCUT2D eigenvalue weighted by molar-refractivity contribution is -0.147. The molecule has 0 saturated heterocycles. The number of phosphoric acid groups is 1.